The van der Waals surface area contributed by atoms with Crippen LogP contribution in [0.15, 0.2) is 48.7 Å². The number of nitrogens with zero attached hydrogens (tertiary/aromatic N) is 3. The monoisotopic (exact) mass is 529 g/mol. The standard InChI is InChI=1S/C31H39N5O3/c1-20-5-7-24(8-6-20)29(33-30(37)27-14-13-26-19-34(4)17-18-35(26)27)31(38)32-25-11-9-23(10-12-25)28-21(2)15-16-36(39)22(28)3/h9-16,20,24,29H,5-8,17-19H2,1-4H3,(H,32,38)(H,33,37)/t20?,24?,29-/m0/s1. The molecule has 1 fully saturated rings. The molecule has 0 spiro atoms. The molecule has 5 rings (SSSR count). The van der Waals surface area contributed by atoms with Crippen LogP contribution >= 0.6 is 0 Å². The number of nitrogens with one attached hydrogen (secondary N) is 2. The Kier molecular flexibility index (Phi) is 7.75. The van der Waals surface area contributed by atoms with Crippen LogP contribution in [-0.2, 0) is 17.9 Å². The molecule has 0 unspecified atom stereocenters. The molecule has 1 aliphatic carbocycles. The van der Waals surface area contributed by atoms with Gasteiger partial charge in [-0.15, -0.1) is 0 Å². The van der Waals surface area contributed by atoms with Gasteiger partial charge >= 0.3 is 0 Å². The number of benzene rings is 1. The number of amides is 2. The Balaban J connectivity index is 1.34. The van der Waals surface area contributed by atoms with Gasteiger partial charge in [-0.25, -0.2) is 0 Å². The molecule has 1 aliphatic heterocycles. The first kappa shape index (κ1) is 26.9. The molecule has 3 heterocycles. The van der Waals surface area contributed by atoms with Gasteiger partial charge in [0.05, 0.1) is 5.56 Å². The third-order valence-electron chi connectivity index (χ3n) is 8.53. The second-order valence-corrected chi connectivity index (χ2v) is 11.4. The molecule has 1 saturated carbocycles. The number of carbonyl (C=O) groups excluding carboxylic acids is 2. The van der Waals surface area contributed by atoms with Gasteiger partial charge in [0, 0.05) is 44.0 Å². The smallest absolute Gasteiger partial charge is 0.268 e. The molecule has 206 valence electrons. The number of aryl methyl sites for hydroxylation is 1. The summed E-state index contributed by atoms with van der Waals surface area (Å²) in [6.07, 6.45) is 5.46. The molecule has 8 heteroatoms. The predicted octanol–water partition coefficient (Wildman–Crippen LogP) is 4.41. The van der Waals surface area contributed by atoms with E-state index in [4.69, 9.17) is 0 Å². The van der Waals surface area contributed by atoms with Gasteiger partial charge in [-0.05, 0) is 74.0 Å². The van der Waals surface area contributed by atoms with Gasteiger partial charge in [-0.2, -0.15) is 4.73 Å². The lowest BCUT2D eigenvalue weighted by Crippen LogP contribution is -2.50. The topological polar surface area (TPSA) is 93.3 Å². The van der Waals surface area contributed by atoms with E-state index in [1.165, 1.54) is 6.20 Å². The zero-order valence-corrected chi connectivity index (χ0v) is 23.4. The first-order valence-corrected chi connectivity index (χ1v) is 14.0. The van der Waals surface area contributed by atoms with Crippen LogP contribution in [-0.4, -0.2) is 40.9 Å². The summed E-state index contributed by atoms with van der Waals surface area (Å²) >= 11 is 0. The van der Waals surface area contributed by atoms with E-state index in [-0.39, 0.29) is 17.7 Å². The number of aromatic nitrogens is 2. The van der Waals surface area contributed by atoms with Crippen molar-refractivity contribution < 1.29 is 14.3 Å². The maximum absolute atomic E-state index is 13.7. The molecule has 1 aromatic carbocycles. The number of carbonyl (C=O) groups is 2. The van der Waals surface area contributed by atoms with Crippen molar-refractivity contribution >= 4 is 17.5 Å². The summed E-state index contributed by atoms with van der Waals surface area (Å²) in [5.41, 5.74) is 5.87. The van der Waals surface area contributed by atoms with Crippen LogP contribution in [0.25, 0.3) is 11.1 Å². The van der Waals surface area contributed by atoms with Crippen LogP contribution in [0.1, 0.15) is 60.0 Å². The maximum Gasteiger partial charge on any atom is 0.268 e. The van der Waals surface area contributed by atoms with Crippen molar-refractivity contribution in [2.75, 3.05) is 18.9 Å². The number of hydrogen-bond acceptors (Lipinski definition) is 4. The van der Waals surface area contributed by atoms with Crippen LogP contribution in [0.5, 0.6) is 0 Å². The summed E-state index contributed by atoms with van der Waals surface area (Å²) in [7, 11) is 2.08. The van der Waals surface area contributed by atoms with Gasteiger partial charge in [0.15, 0.2) is 11.9 Å². The van der Waals surface area contributed by atoms with Crippen molar-refractivity contribution in [1.82, 2.24) is 14.8 Å². The molecule has 3 aromatic rings. The second kappa shape index (κ2) is 11.2. The van der Waals surface area contributed by atoms with Gasteiger partial charge in [0.1, 0.15) is 11.7 Å². The summed E-state index contributed by atoms with van der Waals surface area (Å²) in [6, 6.07) is 12.6. The molecule has 1 atom stereocenters. The van der Waals surface area contributed by atoms with Crippen LogP contribution in [0.3, 0.4) is 0 Å². The lowest BCUT2D eigenvalue weighted by molar-refractivity contribution is -0.611. The molecule has 8 nitrogen and oxygen atoms in total. The SMILES string of the molecule is Cc1cc[n+]([O-])c(C)c1-c1ccc(NC(=O)[C@@H](NC(=O)c2ccc3n2CCN(C)C3)C2CCC(C)CC2)cc1. The second-order valence-electron chi connectivity index (χ2n) is 11.4. The number of fused-ring (bicyclic) bond motifs is 1. The average Bonchev–Trinajstić information content (AvgIpc) is 3.34. The minimum Gasteiger partial charge on any atom is -0.618 e. The molecule has 2 aromatic heterocycles. The van der Waals surface area contributed by atoms with Gasteiger partial charge in [-0.3, -0.25) is 14.5 Å². The van der Waals surface area contributed by atoms with E-state index in [1.807, 2.05) is 56.3 Å². The molecule has 0 saturated heterocycles. The van der Waals surface area contributed by atoms with E-state index in [9.17, 15) is 14.8 Å². The number of anilines is 1. The third-order valence-corrected chi connectivity index (χ3v) is 8.53. The summed E-state index contributed by atoms with van der Waals surface area (Å²) in [4.78, 5) is 29.4. The lowest BCUT2D eigenvalue weighted by Gasteiger charge is -2.32. The van der Waals surface area contributed by atoms with Crippen LogP contribution in [0.2, 0.25) is 0 Å². The Hall–Kier alpha value is -3.65. The third kappa shape index (κ3) is 5.71. The zero-order valence-electron chi connectivity index (χ0n) is 23.4. The molecule has 0 bridgehead atoms. The molecular weight excluding hydrogens is 490 g/mol. The van der Waals surface area contributed by atoms with Crippen LogP contribution < -0.4 is 15.4 Å². The largest absolute Gasteiger partial charge is 0.618 e. The van der Waals surface area contributed by atoms with Gasteiger partial charge in [0.2, 0.25) is 5.91 Å². The van der Waals surface area contributed by atoms with Gasteiger partial charge in [0.25, 0.3) is 5.91 Å². The fraction of sp³-hybridized carbons (Fsp3) is 0.452. The zero-order chi connectivity index (χ0) is 27.7. The summed E-state index contributed by atoms with van der Waals surface area (Å²) in [5.74, 6) is 0.347. The van der Waals surface area contributed by atoms with Crippen molar-refractivity contribution in [3.05, 3.63) is 76.5 Å². The predicted molar refractivity (Wildman–Crippen MR) is 152 cm³/mol. The molecule has 0 radical (unpaired) electrons. The first-order valence-electron chi connectivity index (χ1n) is 14.0. The van der Waals surface area contributed by atoms with E-state index < -0.39 is 6.04 Å². The molecule has 39 heavy (non-hydrogen) atoms. The Labute approximate surface area is 230 Å². The Morgan fingerprint density at radius 3 is 2.44 bits per heavy atom. The van der Waals surface area contributed by atoms with E-state index in [0.29, 0.717) is 23.0 Å². The van der Waals surface area contributed by atoms with E-state index >= 15 is 0 Å². The summed E-state index contributed by atoms with van der Waals surface area (Å²) < 4.78 is 2.95. The highest BCUT2D eigenvalue weighted by Gasteiger charge is 2.33. The Bertz CT molecular complexity index is 1360. The number of likely N-dealkylation sites (N-methyl/N-ethyl adjacent to an activating group) is 1. The first-order chi connectivity index (χ1) is 18.7. The highest BCUT2D eigenvalue weighted by Crippen LogP contribution is 2.32. The molecular formula is C31H39N5O3. The van der Waals surface area contributed by atoms with Crippen molar-refractivity contribution in [1.29, 1.82) is 0 Å². The highest BCUT2D eigenvalue weighted by atomic mass is 16.5. The molecule has 2 amide bonds. The Morgan fingerprint density at radius 2 is 1.72 bits per heavy atom. The highest BCUT2D eigenvalue weighted by molar-refractivity contribution is 6.01. The number of hydrogen-bond donors (Lipinski definition) is 2. The maximum atomic E-state index is 13.7. The Morgan fingerprint density at radius 1 is 1.00 bits per heavy atom. The summed E-state index contributed by atoms with van der Waals surface area (Å²) in [6.45, 7) is 8.50. The van der Waals surface area contributed by atoms with Crippen molar-refractivity contribution in [2.24, 2.45) is 11.8 Å². The minimum absolute atomic E-state index is 0.0912. The van der Waals surface area contributed by atoms with Crippen LogP contribution in [0.4, 0.5) is 5.69 Å². The summed E-state index contributed by atoms with van der Waals surface area (Å²) in [5, 5.41) is 18.3. The minimum atomic E-state index is -0.611. The van der Waals surface area contributed by atoms with Crippen molar-refractivity contribution in [3.63, 3.8) is 0 Å². The van der Waals surface area contributed by atoms with Crippen molar-refractivity contribution in [2.45, 2.75) is 65.6 Å². The number of pyridine rings is 1. The van der Waals surface area contributed by atoms with E-state index in [2.05, 4.69) is 34.1 Å². The molecule has 2 aliphatic rings. The van der Waals surface area contributed by atoms with Crippen molar-refractivity contribution in [3.8, 4) is 11.1 Å². The van der Waals surface area contributed by atoms with E-state index in [1.54, 1.807) is 0 Å². The van der Waals surface area contributed by atoms with Crippen LogP contribution in [0, 0.1) is 30.9 Å². The fourth-order valence-corrected chi connectivity index (χ4v) is 6.12. The quantitative estimate of drug-likeness (QED) is 0.365. The number of rotatable bonds is 6. The van der Waals surface area contributed by atoms with Gasteiger partial charge in [-0.1, -0.05) is 31.9 Å². The normalized spacial score (nSPS) is 20.2. The molecule has 2 N–H and O–H groups in total. The fourth-order valence-electron chi connectivity index (χ4n) is 6.12. The van der Waals surface area contributed by atoms with E-state index in [0.717, 1.165) is 72.4 Å². The average molecular weight is 530 g/mol. The lowest BCUT2D eigenvalue weighted by atomic mass is 9.79. The van der Waals surface area contributed by atoms with Gasteiger partial charge < -0.3 is 20.4 Å².